The number of nitrogens with one attached hydrogen (secondary N) is 3. The average Bonchev–Trinajstić information content (AvgIpc) is 3.36. The number of fused-ring (bicyclic) bond motifs is 2. The second kappa shape index (κ2) is 7.07. The Morgan fingerprint density at radius 2 is 1.93 bits per heavy atom. The summed E-state index contributed by atoms with van der Waals surface area (Å²) in [4.78, 5) is 20.0. The molecule has 0 saturated carbocycles. The maximum atomic E-state index is 12.6. The van der Waals surface area contributed by atoms with Crippen LogP contribution in [0.25, 0.3) is 33.2 Å². The van der Waals surface area contributed by atoms with Crippen molar-refractivity contribution in [2.45, 2.75) is 6.54 Å². The lowest BCUT2D eigenvalue weighted by atomic mass is 10.1. The summed E-state index contributed by atoms with van der Waals surface area (Å²) in [7, 11) is 0. The zero-order valence-corrected chi connectivity index (χ0v) is 16.0. The number of hydrogen-bond acceptors (Lipinski definition) is 3. The largest absolute Gasteiger partial charge is 0.353 e. The fraction of sp³-hybridized carbons (Fsp3) is 0.0455. The molecule has 0 spiro atoms. The highest BCUT2D eigenvalue weighted by atomic mass is 35.5. The van der Waals surface area contributed by atoms with Gasteiger partial charge in [0.25, 0.3) is 5.91 Å². The minimum absolute atomic E-state index is 0.144. The highest BCUT2D eigenvalue weighted by Gasteiger charge is 2.12. The first-order valence-electron chi connectivity index (χ1n) is 9.12. The molecule has 7 heteroatoms. The highest BCUT2D eigenvalue weighted by Crippen LogP contribution is 2.28. The summed E-state index contributed by atoms with van der Waals surface area (Å²) in [6.45, 7) is 0.388. The lowest BCUT2D eigenvalue weighted by molar-refractivity contribution is 0.0951. The van der Waals surface area contributed by atoms with Crippen molar-refractivity contribution in [1.82, 2.24) is 25.5 Å². The van der Waals surface area contributed by atoms with E-state index in [9.17, 15) is 4.79 Å². The molecule has 3 heterocycles. The van der Waals surface area contributed by atoms with Gasteiger partial charge in [-0.1, -0.05) is 35.9 Å². The van der Waals surface area contributed by atoms with Crippen LogP contribution in [0.4, 0.5) is 0 Å². The Morgan fingerprint density at radius 1 is 1.03 bits per heavy atom. The quantitative estimate of drug-likeness (QED) is 0.382. The van der Waals surface area contributed by atoms with E-state index in [2.05, 4.69) is 25.5 Å². The summed E-state index contributed by atoms with van der Waals surface area (Å²) in [6, 6.07) is 19.1. The number of carbonyl (C=O) groups is 1. The van der Waals surface area contributed by atoms with Crippen molar-refractivity contribution < 1.29 is 4.79 Å². The molecule has 5 rings (SSSR count). The number of halogens is 1. The number of rotatable bonds is 4. The first-order valence-corrected chi connectivity index (χ1v) is 9.50. The van der Waals surface area contributed by atoms with Crippen molar-refractivity contribution in [1.29, 1.82) is 0 Å². The van der Waals surface area contributed by atoms with Gasteiger partial charge in [-0.25, -0.2) is 4.98 Å². The number of hydrogen-bond donors (Lipinski definition) is 3. The zero-order valence-electron chi connectivity index (χ0n) is 15.2. The minimum atomic E-state index is -0.144. The number of para-hydroxylation sites is 1. The van der Waals surface area contributed by atoms with Crippen LogP contribution in [0, 0.1) is 0 Å². The molecule has 6 nitrogen and oxygen atoms in total. The molecule has 5 aromatic rings. The molecule has 3 aromatic heterocycles. The van der Waals surface area contributed by atoms with Crippen molar-refractivity contribution in [3.05, 3.63) is 83.1 Å². The summed E-state index contributed by atoms with van der Waals surface area (Å²) in [5, 5.41) is 12.8. The van der Waals surface area contributed by atoms with E-state index in [1.165, 1.54) is 0 Å². The van der Waals surface area contributed by atoms with E-state index in [-0.39, 0.29) is 5.91 Å². The van der Waals surface area contributed by atoms with Gasteiger partial charge in [-0.15, -0.1) is 0 Å². The van der Waals surface area contributed by atoms with Crippen LogP contribution in [0.1, 0.15) is 15.9 Å². The Labute approximate surface area is 170 Å². The maximum absolute atomic E-state index is 12.6. The fourth-order valence-corrected chi connectivity index (χ4v) is 3.48. The molecule has 0 radical (unpaired) electrons. The molecule has 29 heavy (non-hydrogen) atoms. The van der Waals surface area contributed by atoms with Crippen LogP contribution >= 0.6 is 11.6 Å². The van der Waals surface area contributed by atoms with E-state index >= 15 is 0 Å². The molecule has 0 saturated heterocycles. The molecule has 0 unspecified atom stereocenters. The molecule has 3 N–H and O–H groups in total. The van der Waals surface area contributed by atoms with Gasteiger partial charge >= 0.3 is 0 Å². The standard InChI is InChI=1S/C22H16ClN5O/c23-20-8-5-13(11-24-20)12-25-22(29)14-6-7-17-15(9-14)10-19(26-17)21-16-3-1-2-4-18(16)27-28-21/h1-11,26H,12H2,(H,25,29)(H,27,28). The van der Waals surface area contributed by atoms with Gasteiger partial charge in [0.2, 0.25) is 0 Å². The molecular formula is C22H16ClN5O. The average molecular weight is 402 g/mol. The van der Waals surface area contributed by atoms with Gasteiger partial charge in [-0.05, 0) is 42.0 Å². The molecule has 1 amide bonds. The Balaban J connectivity index is 1.40. The van der Waals surface area contributed by atoms with E-state index < -0.39 is 0 Å². The van der Waals surface area contributed by atoms with E-state index in [0.717, 1.165) is 38.8 Å². The molecule has 0 atom stereocenters. The Hall–Kier alpha value is -3.64. The smallest absolute Gasteiger partial charge is 0.251 e. The lowest BCUT2D eigenvalue weighted by Gasteiger charge is -2.05. The summed E-state index contributed by atoms with van der Waals surface area (Å²) >= 11 is 5.79. The first-order chi connectivity index (χ1) is 14.2. The molecule has 0 aliphatic carbocycles. The zero-order chi connectivity index (χ0) is 19.8. The van der Waals surface area contributed by atoms with Gasteiger partial charge in [0, 0.05) is 34.6 Å². The summed E-state index contributed by atoms with van der Waals surface area (Å²) in [5.74, 6) is -0.144. The van der Waals surface area contributed by atoms with E-state index in [0.29, 0.717) is 17.3 Å². The van der Waals surface area contributed by atoms with Crippen LogP contribution in [0.5, 0.6) is 0 Å². The van der Waals surface area contributed by atoms with Crippen LogP contribution in [-0.4, -0.2) is 26.1 Å². The second-order valence-corrected chi connectivity index (χ2v) is 7.16. The Kier molecular flexibility index (Phi) is 4.26. The normalized spacial score (nSPS) is 11.2. The van der Waals surface area contributed by atoms with Crippen molar-refractivity contribution in [2.75, 3.05) is 0 Å². The van der Waals surface area contributed by atoms with E-state index in [1.54, 1.807) is 18.3 Å². The fourth-order valence-electron chi connectivity index (χ4n) is 3.37. The number of aromatic amines is 2. The van der Waals surface area contributed by atoms with Crippen LogP contribution in [0.15, 0.2) is 66.9 Å². The van der Waals surface area contributed by atoms with Crippen molar-refractivity contribution in [3.8, 4) is 11.4 Å². The van der Waals surface area contributed by atoms with Gasteiger partial charge in [0.1, 0.15) is 10.8 Å². The Morgan fingerprint density at radius 3 is 2.79 bits per heavy atom. The third-order valence-electron chi connectivity index (χ3n) is 4.85. The van der Waals surface area contributed by atoms with Crippen LogP contribution in [0.2, 0.25) is 5.15 Å². The predicted octanol–water partition coefficient (Wildman–Crippen LogP) is 4.69. The molecular weight excluding hydrogens is 386 g/mol. The van der Waals surface area contributed by atoms with Gasteiger partial charge in [-0.2, -0.15) is 5.10 Å². The number of aromatic nitrogens is 4. The number of benzene rings is 2. The molecule has 142 valence electrons. The molecule has 0 bridgehead atoms. The number of amides is 1. The van der Waals surface area contributed by atoms with Crippen molar-refractivity contribution >= 4 is 39.3 Å². The highest BCUT2D eigenvalue weighted by molar-refractivity contribution is 6.29. The minimum Gasteiger partial charge on any atom is -0.353 e. The lowest BCUT2D eigenvalue weighted by Crippen LogP contribution is -2.22. The van der Waals surface area contributed by atoms with E-state index in [4.69, 9.17) is 11.6 Å². The van der Waals surface area contributed by atoms with Crippen molar-refractivity contribution in [2.24, 2.45) is 0 Å². The number of H-pyrrole nitrogens is 2. The number of nitrogens with zero attached hydrogens (tertiary/aromatic N) is 2. The van der Waals surface area contributed by atoms with Gasteiger partial charge in [0.15, 0.2) is 0 Å². The third kappa shape index (κ3) is 3.34. The third-order valence-corrected chi connectivity index (χ3v) is 5.07. The predicted molar refractivity (Wildman–Crippen MR) is 114 cm³/mol. The Bertz CT molecular complexity index is 1340. The summed E-state index contributed by atoms with van der Waals surface area (Å²) in [6.07, 6.45) is 1.65. The van der Waals surface area contributed by atoms with Crippen LogP contribution < -0.4 is 5.32 Å². The molecule has 0 aliphatic heterocycles. The van der Waals surface area contributed by atoms with Crippen molar-refractivity contribution in [3.63, 3.8) is 0 Å². The topological polar surface area (TPSA) is 86.5 Å². The second-order valence-electron chi connectivity index (χ2n) is 6.77. The molecule has 0 aliphatic rings. The van der Waals surface area contributed by atoms with Gasteiger partial charge in [0.05, 0.1) is 11.2 Å². The first kappa shape index (κ1) is 17.5. The molecule has 2 aromatic carbocycles. The summed E-state index contributed by atoms with van der Waals surface area (Å²) in [5.41, 5.74) is 5.18. The molecule has 0 fully saturated rings. The van der Waals surface area contributed by atoms with E-state index in [1.807, 2.05) is 48.5 Å². The van der Waals surface area contributed by atoms with Crippen LogP contribution in [0.3, 0.4) is 0 Å². The number of carbonyl (C=O) groups excluding carboxylic acids is 1. The maximum Gasteiger partial charge on any atom is 0.251 e. The van der Waals surface area contributed by atoms with Gasteiger partial charge in [-0.3, -0.25) is 9.89 Å². The SMILES string of the molecule is O=C(NCc1ccc(Cl)nc1)c1ccc2[nH]c(-c3n[nH]c4ccccc34)cc2c1. The van der Waals surface area contributed by atoms with Crippen LogP contribution in [-0.2, 0) is 6.54 Å². The number of pyridine rings is 1. The summed E-state index contributed by atoms with van der Waals surface area (Å²) < 4.78 is 0. The monoisotopic (exact) mass is 401 g/mol. The van der Waals surface area contributed by atoms with Gasteiger partial charge < -0.3 is 10.3 Å².